The Labute approximate surface area is 147 Å². The fraction of sp³-hybridized carbons (Fsp3) is 0.632. The molecule has 3 nitrogen and oxygen atoms in total. The Morgan fingerprint density at radius 3 is 2.52 bits per heavy atom. The van der Waals surface area contributed by atoms with Gasteiger partial charge in [-0.1, -0.05) is 31.9 Å². The SMILES string of the molecule is CCCCC1c2cccc(C(F)(F)F)c2CCN1C(=O)OC(C)(C)C. The second-order valence-corrected chi connectivity index (χ2v) is 7.45. The Bertz CT molecular complexity index is 620. The highest BCUT2D eigenvalue weighted by Gasteiger charge is 2.39. The number of halogens is 3. The van der Waals surface area contributed by atoms with Crippen LogP contribution in [0.5, 0.6) is 0 Å². The third kappa shape index (κ3) is 4.67. The van der Waals surface area contributed by atoms with Crippen LogP contribution in [0.1, 0.15) is 69.7 Å². The first-order valence-corrected chi connectivity index (χ1v) is 8.73. The molecule has 1 aromatic carbocycles. The molecule has 1 aliphatic heterocycles. The van der Waals surface area contributed by atoms with Crippen LogP contribution >= 0.6 is 0 Å². The van der Waals surface area contributed by atoms with Crippen LogP contribution in [0.15, 0.2) is 18.2 Å². The standard InChI is InChI=1S/C19H26F3NO2/c1-5-6-10-16-14-8-7-9-15(19(20,21)22)13(14)11-12-23(16)17(24)25-18(2,3)4/h7-9,16H,5-6,10-12H2,1-4H3. The van der Waals surface area contributed by atoms with Crippen molar-refractivity contribution >= 4 is 6.09 Å². The first-order valence-electron chi connectivity index (χ1n) is 8.73. The van der Waals surface area contributed by atoms with Gasteiger partial charge < -0.3 is 9.64 Å². The molecule has 1 amide bonds. The van der Waals surface area contributed by atoms with E-state index in [0.29, 0.717) is 17.5 Å². The number of fused-ring (bicyclic) bond motifs is 1. The second-order valence-electron chi connectivity index (χ2n) is 7.45. The number of carbonyl (C=O) groups excluding carboxylic acids is 1. The van der Waals surface area contributed by atoms with Crippen LogP contribution in [0.4, 0.5) is 18.0 Å². The molecular weight excluding hydrogens is 331 g/mol. The van der Waals surface area contributed by atoms with Gasteiger partial charge in [-0.15, -0.1) is 0 Å². The van der Waals surface area contributed by atoms with E-state index in [1.807, 2.05) is 6.92 Å². The van der Waals surface area contributed by atoms with Crippen molar-refractivity contribution < 1.29 is 22.7 Å². The molecule has 0 radical (unpaired) electrons. The molecule has 0 fully saturated rings. The van der Waals surface area contributed by atoms with Gasteiger partial charge in [-0.3, -0.25) is 0 Å². The lowest BCUT2D eigenvalue weighted by molar-refractivity contribution is -0.138. The van der Waals surface area contributed by atoms with Crippen molar-refractivity contribution in [3.05, 3.63) is 34.9 Å². The average molecular weight is 357 g/mol. The number of nitrogens with zero attached hydrogens (tertiary/aromatic N) is 1. The number of hydrogen-bond donors (Lipinski definition) is 0. The van der Waals surface area contributed by atoms with E-state index in [1.165, 1.54) is 6.07 Å². The lowest BCUT2D eigenvalue weighted by Gasteiger charge is -2.39. The molecule has 25 heavy (non-hydrogen) atoms. The van der Waals surface area contributed by atoms with Gasteiger partial charge in [0.2, 0.25) is 0 Å². The highest BCUT2D eigenvalue weighted by Crippen LogP contribution is 2.41. The predicted molar refractivity (Wildman–Crippen MR) is 90.4 cm³/mol. The van der Waals surface area contributed by atoms with Gasteiger partial charge in [0.05, 0.1) is 11.6 Å². The predicted octanol–water partition coefficient (Wildman–Crippen LogP) is 5.73. The van der Waals surface area contributed by atoms with Crippen molar-refractivity contribution in [3.8, 4) is 0 Å². The third-order valence-electron chi connectivity index (χ3n) is 4.31. The molecule has 1 aliphatic rings. The van der Waals surface area contributed by atoms with Gasteiger partial charge in [0.15, 0.2) is 0 Å². The molecule has 1 unspecified atom stereocenters. The van der Waals surface area contributed by atoms with E-state index >= 15 is 0 Å². The first-order chi connectivity index (χ1) is 11.5. The first kappa shape index (κ1) is 19.6. The molecule has 0 saturated heterocycles. The molecule has 2 rings (SSSR count). The largest absolute Gasteiger partial charge is 0.444 e. The van der Waals surface area contributed by atoms with Crippen LogP contribution in [0.25, 0.3) is 0 Å². The molecule has 0 bridgehead atoms. The van der Waals surface area contributed by atoms with Crippen molar-refractivity contribution in [1.29, 1.82) is 0 Å². The number of amides is 1. The monoisotopic (exact) mass is 357 g/mol. The maximum atomic E-state index is 13.3. The van der Waals surface area contributed by atoms with Crippen molar-refractivity contribution in [1.82, 2.24) is 4.90 Å². The highest BCUT2D eigenvalue weighted by atomic mass is 19.4. The van der Waals surface area contributed by atoms with Gasteiger partial charge in [-0.2, -0.15) is 13.2 Å². The quantitative estimate of drug-likeness (QED) is 0.691. The molecule has 6 heteroatoms. The van der Waals surface area contributed by atoms with Crippen LogP contribution in [-0.4, -0.2) is 23.1 Å². The van der Waals surface area contributed by atoms with Gasteiger partial charge in [-0.05, 0) is 50.8 Å². The van der Waals surface area contributed by atoms with Crippen LogP contribution in [0.2, 0.25) is 0 Å². The minimum absolute atomic E-state index is 0.187. The summed E-state index contributed by atoms with van der Waals surface area (Å²) in [5.74, 6) is 0. The molecule has 1 aromatic rings. The molecule has 0 spiro atoms. The van der Waals surface area contributed by atoms with Gasteiger partial charge >= 0.3 is 12.3 Å². The Balaban J connectivity index is 2.40. The van der Waals surface area contributed by atoms with Crippen LogP contribution in [-0.2, 0) is 17.3 Å². The summed E-state index contributed by atoms with van der Waals surface area (Å²) in [5.41, 5.74) is -0.313. The zero-order valence-corrected chi connectivity index (χ0v) is 15.2. The fourth-order valence-corrected chi connectivity index (χ4v) is 3.27. The van der Waals surface area contributed by atoms with Gasteiger partial charge in [0, 0.05) is 6.54 Å². The number of hydrogen-bond acceptors (Lipinski definition) is 2. The summed E-state index contributed by atoms with van der Waals surface area (Å²) in [6.07, 6.45) is -2.28. The number of carbonyl (C=O) groups is 1. The van der Waals surface area contributed by atoms with Gasteiger partial charge in [-0.25, -0.2) is 4.79 Å². The Hall–Kier alpha value is -1.72. The fourth-order valence-electron chi connectivity index (χ4n) is 3.27. The van der Waals surface area contributed by atoms with E-state index in [4.69, 9.17) is 4.74 Å². The van der Waals surface area contributed by atoms with Crippen LogP contribution in [0, 0.1) is 0 Å². The summed E-state index contributed by atoms with van der Waals surface area (Å²) < 4.78 is 45.4. The third-order valence-corrected chi connectivity index (χ3v) is 4.31. The highest BCUT2D eigenvalue weighted by molar-refractivity contribution is 5.69. The topological polar surface area (TPSA) is 29.5 Å². The van der Waals surface area contributed by atoms with Gasteiger partial charge in [0.1, 0.15) is 5.60 Å². The summed E-state index contributed by atoms with van der Waals surface area (Å²) in [6, 6.07) is 3.89. The van der Waals surface area contributed by atoms with E-state index < -0.39 is 23.4 Å². The maximum absolute atomic E-state index is 13.3. The van der Waals surface area contributed by atoms with Crippen LogP contribution in [0.3, 0.4) is 0 Å². The van der Waals surface area contributed by atoms with Crippen molar-refractivity contribution in [2.24, 2.45) is 0 Å². The number of benzene rings is 1. The molecular formula is C19H26F3NO2. The summed E-state index contributed by atoms with van der Waals surface area (Å²) in [6.45, 7) is 7.61. The van der Waals surface area contributed by atoms with E-state index in [1.54, 1.807) is 31.7 Å². The van der Waals surface area contributed by atoms with Gasteiger partial charge in [0.25, 0.3) is 0 Å². The zero-order valence-electron chi connectivity index (χ0n) is 15.2. The molecule has 140 valence electrons. The number of unbranched alkanes of at least 4 members (excludes halogenated alkanes) is 1. The minimum Gasteiger partial charge on any atom is -0.444 e. The second kappa shape index (κ2) is 7.26. The van der Waals surface area contributed by atoms with E-state index in [0.717, 1.165) is 18.9 Å². The summed E-state index contributed by atoms with van der Waals surface area (Å²) in [7, 11) is 0. The summed E-state index contributed by atoms with van der Waals surface area (Å²) in [4.78, 5) is 14.1. The zero-order chi connectivity index (χ0) is 18.8. The smallest absolute Gasteiger partial charge is 0.416 e. The number of ether oxygens (including phenoxy) is 1. The summed E-state index contributed by atoms with van der Waals surface area (Å²) >= 11 is 0. The Morgan fingerprint density at radius 2 is 1.96 bits per heavy atom. The Kier molecular flexibility index (Phi) is 5.69. The molecule has 0 saturated carbocycles. The summed E-state index contributed by atoms with van der Waals surface area (Å²) in [5, 5.41) is 0. The maximum Gasteiger partial charge on any atom is 0.416 e. The minimum atomic E-state index is -4.38. The van der Waals surface area contributed by atoms with E-state index in [-0.39, 0.29) is 19.0 Å². The Morgan fingerprint density at radius 1 is 1.28 bits per heavy atom. The van der Waals surface area contributed by atoms with E-state index in [2.05, 4.69) is 0 Å². The van der Waals surface area contributed by atoms with E-state index in [9.17, 15) is 18.0 Å². The molecule has 0 aliphatic carbocycles. The number of alkyl halides is 3. The molecule has 1 atom stereocenters. The van der Waals surface area contributed by atoms with Crippen molar-refractivity contribution in [3.63, 3.8) is 0 Å². The van der Waals surface area contributed by atoms with Crippen molar-refractivity contribution in [2.75, 3.05) is 6.54 Å². The molecule has 1 heterocycles. The lowest BCUT2D eigenvalue weighted by atomic mass is 9.86. The molecule has 0 N–H and O–H groups in total. The van der Waals surface area contributed by atoms with Crippen molar-refractivity contribution in [2.45, 2.75) is 71.2 Å². The number of rotatable bonds is 3. The lowest BCUT2D eigenvalue weighted by Crippen LogP contribution is -2.43. The average Bonchev–Trinajstić information content (AvgIpc) is 2.49. The molecule has 0 aromatic heterocycles. The normalized spacial score (nSPS) is 18.0. The van der Waals surface area contributed by atoms with Crippen LogP contribution < -0.4 is 0 Å².